The molecule has 2 saturated heterocycles. The van der Waals surface area contributed by atoms with Gasteiger partial charge in [-0.05, 0) is 44.7 Å². The first kappa shape index (κ1) is 14.8. The van der Waals surface area contributed by atoms with Crippen LogP contribution in [0.3, 0.4) is 0 Å². The molecule has 19 heavy (non-hydrogen) atoms. The van der Waals surface area contributed by atoms with E-state index in [9.17, 15) is 4.79 Å². The van der Waals surface area contributed by atoms with Gasteiger partial charge in [0.1, 0.15) is 0 Å². The summed E-state index contributed by atoms with van der Waals surface area (Å²) in [5.41, 5.74) is -0.263. The Labute approximate surface area is 116 Å². The van der Waals surface area contributed by atoms with Crippen LogP contribution in [0.4, 0.5) is 0 Å². The summed E-state index contributed by atoms with van der Waals surface area (Å²) in [6.45, 7) is 6.57. The highest BCUT2D eigenvalue weighted by molar-refractivity contribution is 5.83. The second-order valence-corrected chi connectivity index (χ2v) is 6.16. The predicted molar refractivity (Wildman–Crippen MR) is 76.0 cm³/mol. The Balaban J connectivity index is 1.99. The number of carbonyl (C=O) groups is 1. The van der Waals surface area contributed by atoms with Gasteiger partial charge in [0, 0.05) is 20.2 Å². The van der Waals surface area contributed by atoms with Crippen molar-refractivity contribution in [1.82, 2.24) is 10.2 Å². The lowest BCUT2D eigenvalue weighted by molar-refractivity contribution is -0.146. The summed E-state index contributed by atoms with van der Waals surface area (Å²) in [5.74, 6) is 1.06. The molecule has 0 bridgehead atoms. The van der Waals surface area contributed by atoms with E-state index in [0.29, 0.717) is 12.5 Å². The molecule has 2 aliphatic rings. The molecule has 0 aromatic carbocycles. The normalized spacial score (nSPS) is 26.6. The molecular weight excluding hydrogens is 240 g/mol. The second kappa shape index (κ2) is 6.71. The number of ether oxygens (including phenoxy) is 1. The Bertz CT molecular complexity index is 295. The predicted octanol–water partition coefficient (Wildman–Crippen LogP) is 1.65. The summed E-state index contributed by atoms with van der Waals surface area (Å²) in [6.07, 6.45) is 5.48. The van der Waals surface area contributed by atoms with Crippen LogP contribution in [-0.4, -0.2) is 50.7 Å². The Kier molecular flexibility index (Phi) is 5.22. The van der Waals surface area contributed by atoms with Crippen LogP contribution in [0.25, 0.3) is 0 Å². The zero-order valence-corrected chi connectivity index (χ0v) is 12.4. The van der Waals surface area contributed by atoms with Gasteiger partial charge in [-0.25, -0.2) is 0 Å². The Morgan fingerprint density at radius 1 is 1.42 bits per heavy atom. The molecule has 110 valence electrons. The molecule has 0 aromatic rings. The van der Waals surface area contributed by atoms with Gasteiger partial charge in [-0.1, -0.05) is 13.3 Å². The van der Waals surface area contributed by atoms with Gasteiger partial charge < -0.3 is 15.0 Å². The third-order valence-electron chi connectivity index (χ3n) is 4.70. The number of hydrogen-bond acceptors (Lipinski definition) is 3. The molecule has 0 aliphatic carbocycles. The molecule has 2 aliphatic heterocycles. The highest BCUT2D eigenvalue weighted by atomic mass is 16.5. The van der Waals surface area contributed by atoms with Gasteiger partial charge in [-0.15, -0.1) is 0 Å². The molecule has 2 heterocycles. The standard InChI is InChI=1S/C15H28N2O2/c1-3-4-13-5-10-17(11-13)14(18)15(12-19-2)6-8-16-9-7-15/h13,16H,3-12H2,1-2H3. The summed E-state index contributed by atoms with van der Waals surface area (Å²) in [7, 11) is 1.71. The van der Waals surface area contributed by atoms with E-state index in [0.717, 1.165) is 44.9 Å². The average molecular weight is 268 g/mol. The maximum atomic E-state index is 12.9. The fourth-order valence-electron chi connectivity index (χ4n) is 3.60. The van der Waals surface area contributed by atoms with Crippen LogP contribution < -0.4 is 5.32 Å². The van der Waals surface area contributed by atoms with E-state index in [1.807, 2.05) is 0 Å². The summed E-state index contributed by atoms with van der Waals surface area (Å²) >= 11 is 0. The number of nitrogens with one attached hydrogen (secondary N) is 1. The maximum absolute atomic E-state index is 12.9. The Hall–Kier alpha value is -0.610. The molecular formula is C15H28N2O2. The van der Waals surface area contributed by atoms with Crippen molar-refractivity contribution in [3.8, 4) is 0 Å². The van der Waals surface area contributed by atoms with Crippen molar-refractivity contribution < 1.29 is 9.53 Å². The molecule has 2 rings (SSSR count). The molecule has 1 N–H and O–H groups in total. The van der Waals surface area contributed by atoms with E-state index < -0.39 is 0 Å². The lowest BCUT2D eigenvalue weighted by atomic mass is 9.78. The number of rotatable bonds is 5. The third-order valence-corrected chi connectivity index (χ3v) is 4.70. The Morgan fingerprint density at radius 2 is 2.16 bits per heavy atom. The van der Waals surface area contributed by atoms with Crippen molar-refractivity contribution in [2.75, 3.05) is 39.9 Å². The fraction of sp³-hybridized carbons (Fsp3) is 0.933. The van der Waals surface area contributed by atoms with E-state index in [1.165, 1.54) is 19.3 Å². The quantitative estimate of drug-likeness (QED) is 0.824. The molecule has 0 spiro atoms. The molecule has 1 amide bonds. The number of nitrogens with zero attached hydrogens (tertiary/aromatic N) is 1. The SMILES string of the molecule is CCCC1CCN(C(=O)C2(COC)CCNCC2)C1. The number of methoxy groups -OCH3 is 1. The molecule has 4 heteroatoms. The van der Waals surface area contributed by atoms with Gasteiger partial charge in [0.15, 0.2) is 0 Å². The molecule has 0 aromatic heterocycles. The summed E-state index contributed by atoms with van der Waals surface area (Å²) in [6, 6.07) is 0. The molecule has 0 radical (unpaired) electrons. The lowest BCUT2D eigenvalue weighted by Gasteiger charge is -2.38. The third kappa shape index (κ3) is 3.29. The van der Waals surface area contributed by atoms with Gasteiger partial charge in [0.2, 0.25) is 5.91 Å². The van der Waals surface area contributed by atoms with Crippen molar-refractivity contribution in [2.45, 2.75) is 39.0 Å². The van der Waals surface area contributed by atoms with Crippen LogP contribution in [0.15, 0.2) is 0 Å². The smallest absolute Gasteiger partial charge is 0.231 e. The van der Waals surface area contributed by atoms with Crippen LogP contribution in [0.1, 0.15) is 39.0 Å². The summed E-state index contributed by atoms with van der Waals surface area (Å²) in [5, 5.41) is 3.35. The minimum atomic E-state index is -0.263. The maximum Gasteiger partial charge on any atom is 0.231 e. The van der Waals surface area contributed by atoms with Crippen molar-refractivity contribution >= 4 is 5.91 Å². The first-order valence-corrected chi connectivity index (χ1v) is 7.71. The number of likely N-dealkylation sites (tertiary alicyclic amines) is 1. The van der Waals surface area contributed by atoms with E-state index in [2.05, 4.69) is 17.1 Å². The molecule has 0 saturated carbocycles. The Morgan fingerprint density at radius 3 is 2.79 bits per heavy atom. The number of carbonyl (C=O) groups excluding carboxylic acids is 1. The summed E-state index contributed by atoms with van der Waals surface area (Å²) < 4.78 is 5.36. The zero-order chi connectivity index (χ0) is 13.7. The van der Waals surface area contributed by atoms with Gasteiger partial charge in [-0.2, -0.15) is 0 Å². The van der Waals surface area contributed by atoms with Gasteiger partial charge in [0.25, 0.3) is 0 Å². The van der Waals surface area contributed by atoms with Gasteiger partial charge in [0.05, 0.1) is 12.0 Å². The number of amides is 1. The molecule has 2 fully saturated rings. The van der Waals surface area contributed by atoms with Crippen LogP contribution in [0.2, 0.25) is 0 Å². The second-order valence-electron chi connectivity index (χ2n) is 6.16. The molecule has 4 nitrogen and oxygen atoms in total. The van der Waals surface area contributed by atoms with Crippen molar-refractivity contribution in [1.29, 1.82) is 0 Å². The zero-order valence-electron chi connectivity index (χ0n) is 12.4. The highest BCUT2D eigenvalue weighted by Gasteiger charge is 2.43. The van der Waals surface area contributed by atoms with E-state index in [-0.39, 0.29) is 5.41 Å². The molecule has 1 atom stereocenters. The number of piperidine rings is 1. The first-order valence-electron chi connectivity index (χ1n) is 7.71. The first-order chi connectivity index (χ1) is 9.22. The van der Waals surface area contributed by atoms with E-state index in [1.54, 1.807) is 7.11 Å². The number of hydrogen-bond donors (Lipinski definition) is 1. The van der Waals surface area contributed by atoms with Gasteiger partial charge in [-0.3, -0.25) is 4.79 Å². The van der Waals surface area contributed by atoms with Crippen LogP contribution in [0, 0.1) is 11.3 Å². The highest BCUT2D eigenvalue weighted by Crippen LogP contribution is 2.34. The topological polar surface area (TPSA) is 41.6 Å². The van der Waals surface area contributed by atoms with Crippen molar-refractivity contribution in [3.63, 3.8) is 0 Å². The monoisotopic (exact) mass is 268 g/mol. The van der Waals surface area contributed by atoms with Crippen molar-refractivity contribution in [2.24, 2.45) is 11.3 Å². The van der Waals surface area contributed by atoms with Gasteiger partial charge >= 0.3 is 0 Å². The van der Waals surface area contributed by atoms with E-state index >= 15 is 0 Å². The minimum Gasteiger partial charge on any atom is -0.384 e. The summed E-state index contributed by atoms with van der Waals surface area (Å²) in [4.78, 5) is 15.0. The fourth-order valence-corrected chi connectivity index (χ4v) is 3.60. The van der Waals surface area contributed by atoms with Crippen molar-refractivity contribution in [3.05, 3.63) is 0 Å². The minimum absolute atomic E-state index is 0.263. The lowest BCUT2D eigenvalue weighted by Crippen LogP contribution is -2.51. The molecule has 1 unspecified atom stereocenters. The van der Waals surface area contributed by atoms with E-state index in [4.69, 9.17) is 4.74 Å². The average Bonchev–Trinajstić information content (AvgIpc) is 2.88. The van der Waals surface area contributed by atoms with Crippen LogP contribution in [0.5, 0.6) is 0 Å². The largest absolute Gasteiger partial charge is 0.384 e. The van der Waals surface area contributed by atoms with Crippen LogP contribution >= 0.6 is 0 Å². The van der Waals surface area contributed by atoms with Crippen LogP contribution in [-0.2, 0) is 9.53 Å².